The van der Waals surface area contributed by atoms with Crippen LogP contribution in [0.4, 0.5) is 21.0 Å². The summed E-state index contributed by atoms with van der Waals surface area (Å²) in [5.74, 6) is 0. The molecule has 0 bridgehead atoms. The van der Waals surface area contributed by atoms with Crippen molar-refractivity contribution in [2.75, 3.05) is 38.8 Å². The van der Waals surface area contributed by atoms with Crippen molar-refractivity contribution in [1.82, 2.24) is 9.80 Å². The van der Waals surface area contributed by atoms with Gasteiger partial charge in [-0.3, -0.25) is 0 Å². The molecular weight excluding hydrogens is 244 g/mol. The zero-order valence-electron chi connectivity index (χ0n) is 11.9. The van der Waals surface area contributed by atoms with E-state index in [2.05, 4.69) is 10.6 Å². The van der Waals surface area contributed by atoms with E-state index in [1.54, 1.807) is 34.3 Å². The topological polar surface area (TPSA) is 64.7 Å². The molecule has 0 aliphatic carbocycles. The Balaban J connectivity index is 2.98. The lowest BCUT2D eigenvalue weighted by Crippen LogP contribution is -2.30. The van der Waals surface area contributed by atoms with Gasteiger partial charge < -0.3 is 20.4 Å². The van der Waals surface area contributed by atoms with Gasteiger partial charge in [-0.25, -0.2) is 9.59 Å². The number of hydrogen-bond donors (Lipinski definition) is 2. The third-order valence-electron chi connectivity index (χ3n) is 2.47. The quantitative estimate of drug-likeness (QED) is 0.860. The van der Waals surface area contributed by atoms with Crippen molar-refractivity contribution in [2.24, 2.45) is 0 Å². The molecule has 0 spiro atoms. The average Bonchev–Trinajstić information content (AvgIpc) is 2.32. The van der Waals surface area contributed by atoms with Crippen LogP contribution in [0.15, 0.2) is 18.2 Å². The first-order valence-corrected chi connectivity index (χ1v) is 5.88. The summed E-state index contributed by atoms with van der Waals surface area (Å²) in [6.45, 7) is 1.92. The van der Waals surface area contributed by atoms with Crippen LogP contribution in [0.2, 0.25) is 0 Å². The molecule has 6 heteroatoms. The second-order valence-corrected chi connectivity index (χ2v) is 4.70. The predicted octanol–water partition coefficient (Wildman–Crippen LogP) is 2.18. The number of rotatable bonds is 2. The summed E-state index contributed by atoms with van der Waals surface area (Å²) in [6, 6.07) is 4.96. The molecule has 0 atom stereocenters. The Morgan fingerprint density at radius 2 is 1.37 bits per heavy atom. The van der Waals surface area contributed by atoms with E-state index >= 15 is 0 Å². The molecule has 0 unspecified atom stereocenters. The Morgan fingerprint density at radius 3 is 1.84 bits per heavy atom. The maximum absolute atomic E-state index is 11.7. The highest BCUT2D eigenvalue weighted by Crippen LogP contribution is 2.23. The molecule has 0 fully saturated rings. The lowest BCUT2D eigenvalue weighted by Gasteiger charge is -2.18. The van der Waals surface area contributed by atoms with Crippen LogP contribution in [-0.4, -0.2) is 50.1 Å². The number of nitrogens with one attached hydrogen (secondary N) is 2. The number of nitrogens with zero attached hydrogens (tertiary/aromatic N) is 2. The van der Waals surface area contributed by atoms with Gasteiger partial charge >= 0.3 is 12.1 Å². The third kappa shape index (κ3) is 4.17. The summed E-state index contributed by atoms with van der Waals surface area (Å²) in [5, 5.41) is 5.48. The van der Waals surface area contributed by atoms with Crippen molar-refractivity contribution in [3.05, 3.63) is 23.8 Å². The molecule has 2 N–H and O–H groups in total. The molecule has 0 radical (unpaired) electrons. The van der Waals surface area contributed by atoms with Crippen molar-refractivity contribution >= 4 is 23.4 Å². The minimum atomic E-state index is -0.246. The van der Waals surface area contributed by atoms with E-state index in [1.807, 2.05) is 19.1 Å². The Labute approximate surface area is 113 Å². The van der Waals surface area contributed by atoms with Gasteiger partial charge in [-0.05, 0) is 24.6 Å². The molecule has 0 heterocycles. The van der Waals surface area contributed by atoms with Crippen molar-refractivity contribution in [1.29, 1.82) is 0 Å². The van der Waals surface area contributed by atoms with Gasteiger partial charge in [0.15, 0.2) is 0 Å². The number of urea groups is 2. The second kappa shape index (κ2) is 6.08. The Kier molecular flexibility index (Phi) is 4.74. The van der Waals surface area contributed by atoms with Crippen molar-refractivity contribution in [3.8, 4) is 0 Å². The molecule has 0 aliphatic rings. The first-order valence-electron chi connectivity index (χ1n) is 5.88. The fraction of sp³-hybridized carbons (Fsp3) is 0.385. The average molecular weight is 264 g/mol. The monoisotopic (exact) mass is 264 g/mol. The van der Waals surface area contributed by atoms with Crippen LogP contribution in [0.3, 0.4) is 0 Å². The predicted molar refractivity (Wildman–Crippen MR) is 76.6 cm³/mol. The lowest BCUT2D eigenvalue weighted by molar-refractivity contribution is 0.229. The molecular formula is C13H20N4O2. The van der Waals surface area contributed by atoms with Crippen LogP contribution in [0.25, 0.3) is 0 Å². The van der Waals surface area contributed by atoms with Crippen LogP contribution < -0.4 is 10.6 Å². The molecule has 0 aromatic heterocycles. The minimum absolute atomic E-state index is 0.244. The minimum Gasteiger partial charge on any atom is -0.331 e. The molecule has 0 saturated carbocycles. The largest absolute Gasteiger partial charge is 0.331 e. The van der Waals surface area contributed by atoms with E-state index in [-0.39, 0.29) is 12.1 Å². The summed E-state index contributed by atoms with van der Waals surface area (Å²) in [4.78, 5) is 26.2. The Bertz CT molecular complexity index is 484. The van der Waals surface area contributed by atoms with E-state index in [1.165, 1.54) is 9.80 Å². The molecule has 104 valence electrons. The van der Waals surface area contributed by atoms with Gasteiger partial charge in [0.05, 0.1) is 11.4 Å². The van der Waals surface area contributed by atoms with E-state index in [0.29, 0.717) is 11.4 Å². The van der Waals surface area contributed by atoms with Gasteiger partial charge in [0.25, 0.3) is 0 Å². The van der Waals surface area contributed by atoms with Gasteiger partial charge in [-0.15, -0.1) is 0 Å². The van der Waals surface area contributed by atoms with E-state index in [4.69, 9.17) is 0 Å². The molecule has 4 amide bonds. The number of anilines is 2. The Morgan fingerprint density at radius 1 is 0.895 bits per heavy atom. The molecule has 1 aromatic rings. The maximum atomic E-state index is 11.7. The highest BCUT2D eigenvalue weighted by atomic mass is 16.2. The summed E-state index contributed by atoms with van der Waals surface area (Å²) >= 11 is 0. The van der Waals surface area contributed by atoms with Gasteiger partial charge in [-0.2, -0.15) is 0 Å². The van der Waals surface area contributed by atoms with Crippen LogP contribution in [0.5, 0.6) is 0 Å². The van der Waals surface area contributed by atoms with Crippen molar-refractivity contribution < 1.29 is 9.59 Å². The number of amides is 4. The van der Waals surface area contributed by atoms with Crippen LogP contribution in [-0.2, 0) is 0 Å². The van der Waals surface area contributed by atoms with E-state index in [9.17, 15) is 9.59 Å². The fourth-order valence-electron chi connectivity index (χ4n) is 1.32. The molecule has 0 aliphatic heterocycles. The van der Waals surface area contributed by atoms with Crippen LogP contribution >= 0.6 is 0 Å². The van der Waals surface area contributed by atoms with E-state index in [0.717, 1.165) is 5.56 Å². The van der Waals surface area contributed by atoms with Gasteiger partial charge in [0.2, 0.25) is 0 Å². The van der Waals surface area contributed by atoms with Crippen molar-refractivity contribution in [3.63, 3.8) is 0 Å². The third-order valence-corrected chi connectivity index (χ3v) is 2.47. The number of carbonyl (C=O) groups excluding carboxylic acids is 2. The molecule has 0 saturated heterocycles. The van der Waals surface area contributed by atoms with E-state index < -0.39 is 0 Å². The Hall–Kier alpha value is -2.24. The molecule has 6 nitrogen and oxygen atoms in total. The highest BCUT2D eigenvalue weighted by Gasteiger charge is 2.11. The van der Waals surface area contributed by atoms with Gasteiger partial charge in [0, 0.05) is 28.2 Å². The zero-order valence-corrected chi connectivity index (χ0v) is 11.9. The number of hydrogen-bond acceptors (Lipinski definition) is 2. The van der Waals surface area contributed by atoms with Crippen molar-refractivity contribution in [2.45, 2.75) is 6.92 Å². The second-order valence-electron chi connectivity index (χ2n) is 4.70. The number of carbonyl (C=O) groups is 2. The maximum Gasteiger partial charge on any atom is 0.321 e. The van der Waals surface area contributed by atoms with Crippen LogP contribution in [0.1, 0.15) is 5.56 Å². The fourth-order valence-corrected chi connectivity index (χ4v) is 1.32. The summed E-state index contributed by atoms with van der Waals surface area (Å²) in [6.07, 6.45) is 0. The van der Waals surface area contributed by atoms with Gasteiger partial charge in [0.1, 0.15) is 0 Å². The smallest absolute Gasteiger partial charge is 0.321 e. The van der Waals surface area contributed by atoms with Gasteiger partial charge in [-0.1, -0.05) is 6.07 Å². The molecule has 19 heavy (non-hydrogen) atoms. The normalized spacial score (nSPS) is 9.74. The first-order chi connectivity index (χ1) is 8.81. The SMILES string of the molecule is Cc1ccc(NC(=O)N(C)C)c(NC(=O)N(C)C)c1. The number of aryl methyl sites for hydroxylation is 1. The molecule has 1 rings (SSSR count). The molecule has 1 aromatic carbocycles. The summed E-state index contributed by atoms with van der Waals surface area (Å²) < 4.78 is 0. The first kappa shape index (κ1) is 14.8. The summed E-state index contributed by atoms with van der Waals surface area (Å²) in [5.41, 5.74) is 2.14. The zero-order chi connectivity index (χ0) is 14.6. The summed E-state index contributed by atoms with van der Waals surface area (Å²) in [7, 11) is 6.62. The number of benzene rings is 1. The highest BCUT2D eigenvalue weighted by molar-refractivity contribution is 5.98. The van der Waals surface area contributed by atoms with Crippen LogP contribution in [0, 0.1) is 6.92 Å². The standard InChI is InChI=1S/C13H20N4O2/c1-9-6-7-10(14-12(18)16(2)3)11(8-9)15-13(19)17(4)5/h6-8H,1-5H3,(H,14,18)(H,15,19). The lowest BCUT2D eigenvalue weighted by atomic mass is 10.2.